The summed E-state index contributed by atoms with van der Waals surface area (Å²) in [6.07, 6.45) is 0. The van der Waals surface area contributed by atoms with Crippen molar-refractivity contribution in [3.05, 3.63) is 65.7 Å². The Morgan fingerprint density at radius 2 is 1.33 bits per heavy atom. The quantitative estimate of drug-likeness (QED) is 0.695. The van der Waals surface area contributed by atoms with Crippen molar-refractivity contribution in [1.29, 1.82) is 0 Å². The number of carbonyl (C=O) groups is 2. The van der Waals surface area contributed by atoms with Gasteiger partial charge in [0.25, 0.3) is 0 Å². The van der Waals surface area contributed by atoms with Crippen LogP contribution in [-0.4, -0.2) is 18.6 Å². The Labute approximate surface area is 148 Å². The Kier molecular flexibility index (Phi) is 4.59. The Bertz CT molecular complexity index is 679. The van der Waals surface area contributed by atoms with Gasteiger partial charge in [-0.05, 0) is 12.1 Å². The number of carbonyl (C=O) groups excluding carboxylic acids is 2. The molecule has 0 aliphatic heterocycles. The average molecular weight is 354 g/mol. The summed E-state index contributed by atoms with van der Waals surface area (Å²) in [5.41, 5.74) is 2.89. The van der Waals surface area contributed by atoms with Crippen LogP contribution in [0.3, 0.4) is 0 Å². The summed E-state index contributed by atoms with van der Waals surface area (Å²) in [4.78, 5) is 25.3. The molecule has 2 aromatic carbocycles. The Hall–Kier alpha value is -1.52. The predicted molar refractivity (Wildman–Crippen MR) is 78.3 cm³/mol. The molecule has 1 aliphatic carbocycles. The number of anilines is 2. The fourth-order valence-corrected chi connectivity index (χ4v) is 2.58. The zero-order chi connectivity index (χ0) is 14.3. The SMILES string of the molecule is [CH2-]Nc1ccc(NC)c2c1C(=O)c1ccccc1C2=O.[Y]. The number of fused-ring (bicyclic) bond motifs is 2. The van der Waals surface area contributed by atoms with Crippen molar-refractivity contribution in [2.75, 3.05) is 17.7 Å². The van der Waals surface area contributed by atoms with Crippen LogP contribution in [0, 0.1) is 7.05 Å². The molecule has 0 saturated carbocycles. The van der Waals surface area contributed by atoms with Gasteiger partial charge in [-0.2, -0.15) is 0 Å². The summed E-state index contributed by atoms with van der Waals surface area (Å²) in [7, 11) is 5.33. The van der Waals surface area contributed by atoms with E-state index in [-0.39, 0.29) is 44.3 Å². The molecule has 0 fully saturated rings. The number of nitrogens with one attached hydrogen (secondary N) is 2. The van der Waals surface area contributed by atoms with Crippen molar-refractivity contribution in [3.63, 3.8) is 0 Å². The van der Waals surface area contributed by atoms with Gasteiger partial charge < -0.3 is 10.6 Å². The van der Waals surface area contributed by atoms with Crippen LogP contribution < -0.4 is 10.6 Å². The van der Waals surface area contributed by atoms with Gasteiger partial charge in [-0.15, -0.1) is 0 Å². The van der Waals surface area contributed by atoms with Gasteiger partial charge in [-0.25, -0.2) is 0 Å². The predicted octanol–water partition coefficient (Wildman–Crippen LogP) is 2.70. The van der Waals surface area contributed by atoms with E-state index in [0.717, 1.165) is 0 Å². The molecule has 0 amide bonds. The molecule has 0 saturated heterocycles. The molecular formula is C16H13N2O2Y-. The molecular weight excluding hydrogens is 341 g/mol. The van der Waals surface area contributed by atoms with Gasteiger partial charge in [-0.3, -0.25) is 16.6 Å². The topological polar surface area (TPSA) is 58.2 Å². The Morgan fingerprint density at radius 3 is 1.81 bits per heavy atom. The van der Waals surface area contributed by atoms with Crippen molar-refractivity contribution in [2.24, 2.45) is 0 Å². The molecule has 3 rings (SSSR count). The third-order valence-corrected chi connectivity index (χ3v) is 3.54. The first-order chi connectivity index (χ1) is 9.69. The Morgan fingerprint density at radius 1 is 0.857 bits per heavy atom. The summed E-state index contributed by atoms with van der Waals surface area (Å²) >= 11 is 0. The smallest absolute Gasteiger partial charge is 0.196 e. The minimum atomic E-state index is -0.154. The molecule has 0 atom stereocenters. The van der Waals surface area contributed by atoms with Gasteiger partial charge in [0.1, 0.15) is 0 Å². The summed E-state index contributed by atoms with van der Waals surface area (Å²) in [5.74, 6) is -0.296. The number of hydrogen-bond acceptors (Lipinski definition) is 4. The fraction of sp³-hybridized carbons (Fsp3) is 0.0625. The third kappa shape index (κ3) is 2.32. The van der Waals surface area contributed by atoms with Gasteiger partial charge in [-0.1, -0.05) is 24.3 Å². The molecule has 1 radical (unpaired) electrons. The first kappa shape index (κ1) is 15.9. The second-order valence-corrected chi connectivity index (χ2v) is 4.54. The molecule has 1 aliphatic rings. The maximum Gasteiger partial charge on any atom is 0.196 e. The first-order valence-corrected chi connectivity index (χ1v) is 6.25. The van der Waals surface area contributed by atoms with Gasteiger partial charge in [0.2, 0.25) is 0 Å². The van der Waals surface area contributed by atoms with Crippen molar-refractivity contribution in [3.8, 4) is 0 Å². The summed E-state index contributed by atoms with van der Waals surface area (Å²) in [5, 5.41) is 5.70. The standard InChI is InChI=1S/C16H13N2O2.Y/c1-17-11-7-8-12(18-2)14-13(11)15(19)9-5-3-4-6-10(9)16(14)20;/h3-8,17-18H,1H2,2H3;/q-1;. The van der Waals surface area contributed by atoms with Crippen LogP contribution >= 0.6 is 0 Å². The minimum absolute atomic E-state index is 0. The molecule has 4 nitrogen and oxygen atoms in total. The van der Waals surface area contributed by atoms with Crippen molar-refractivity contribution >= 4 is 22.9 Å². The fourth-order valence-electron chi connectivity index (χ4n) is 2.58. The molecule has 5 heteroatoms. The number of hydrogen-bond donors (Lipinski definition) is 2. The van der Waals surface area contributed by atoms with Crippen molar-refractivity contribution < 1.29 is 42.3 Å². The van der Waals surface area contributed by atoms with E-state index in [1.54, 1.807) is 43.4 Å². The molecule has 0 aromatic heterocycles. The van der Waals surface area contributed by atoms with Crippen LogP contribution in [0.15, 0.2) is 36.4 Å². The molecule has 2 aromatic rings. The van der Waals surface area contributed by atoms with Crippen LogP contribution in [-0.2, 0) is 32.7 Å². The zero-order valence-corrected chi connectivity index (χ0v) is 14.4. The van der Waals surface area contributed by atoms with E-state index in [0.29, 0.717) is 33.6 Å². The van der Waals surface area contributed by atoms with E-state index < -0.39 is 0 Å². The van der Waals surface area contributed by atoms with Crippen LogP contribution in [0.25, 0.3) is 0 Å². The van der Waals surface area contributed by atoms with E-state index in [4.69, 9.17) is 0 Å². The van der Waals surface area contributed by atoms with E-state index in [1.807, 2.05) is 0 Å². The molecule has 0 spiro atoms. The number of benzene rings is 2. The van der Waals surface area contributed by atoms with E-state index >= 15 is 0 Å². The average Bonchev–Trinajstić information content (AvgIpc) is 2.51. The number of ketones is 2. The van der Waals surface area contributed by atoms with E-state index in [2.05, 4.69) is 17.7 Å². The molecule has 21 heavy (non-hydrogen) atoms. The maximum atomic E-state index is 12.7. The van der Waals surface area contributed by atoms with E-state index in [9.17, 15) is 9.59 Å². The summed E-state index contributed by atoms with van der Waals surface area (Å²) in [6, 6.07) is 10.4. The molecule has 0 bridgehead atoms. The van der Waals surface area contributed by atoms with Gasteiger partial charge in [0.15, 0.2) is 11.6 Å². The Balaban J connectivity index is 0.00000161. The van der Waals surface area contributed by atoms with E-state index in [1.165, 1.54) is 0 Å². The molecule has 0 heterocycles. The minimum Gasteiger partial charge on any atom is -0.537 e. The second-order valence-electron chi connectivity index (χ2n) is 4.54. The molecule has 103 valence electrons. The summed E-state index contributed by atoms with van der Waals surface area (Å²) in [6.45, 7) is 0. The largest absolute Gasteiger partial charge is 0.537 e. The summed E-state index contributed by atoms with van der Waals surface area (Å²) < 4.78 is 0. The second kappa shape index (κ2) is 6.08. The van der Waals surface area contributed by atoms with Gasteiger partial charge >= 0.3 is 0 Å². The van der Waals surface area contributed by atoms with Gasteiger partial charge in [0, 0.05) is 62.3 Å². The van der Waals surface area contributed by atoms with Crippen LogP contribution in [0.2, 0.25) is 0 Å². The van der Waals surface area contributed by atoms with Gasteiger partial charge in [0.05, 0.1) is 11.1 Å². The van der Waals surface area contributed by atoms with Crippen LogP contribution in [0.5, 0.6) is 0 Å². The monoisotopic (exact) mass is 354 g/mol. The maximum absolute atomic E-state index is 12.7. The zero-order valence-electron chi connectivity index (χ0n) is 11.6. The van der Waals surface area contributed by atoms with Crippen LogP contribution in [0.4, 0.5) is 11.4 Å². The normalized spacial score (nSPS) is 12.1. The third-order valence-electron chi connectivity index (χ3n) is 3.54. The molecule has 0 unspecified atom stereocenters. The number of rotatable bonds is 2. The van der Waals surface area contributed by atoms with Crippen molar-refractivity contribution in [1.82, 2.24) is 0 Å². The van der Waals surface area contributed by atoms with Crippen LogP contribution in [0.1, 0.15) is 31.8 Å². The first-order valence-electron chi connectivity index (χ1n) is 6.25. The van der Waals surface area contributed by atoms with Crippen molar-refractivity contribution in [2.45, 2.75) is 0 Å². The molecule has 2 N–H and O–H groups in total.